The Morgan fingerprint density at radius 3 is 2.12 bits per heavy atom. The van der Waals surface area contributed by atoms with Crippen molar-refractivity contribution in [1.82, 2.24) is 4.90 Å². The van der Waals surface area contributed by atoms with Gasteiger partial charge in [-0.05, 0) is 54.4 Å². The van der Waals surface area contributed by atoms with Crippen LogP contribution in [-0.4, -0.2) is 28.4 Å². The predicted octanol–water partition coefficient (Wildman–Crippen LogP) is 4.62. The molecule has 1 unspecified atom stereocenters. The van der Waals surface area contributed by atoms with E-state index in [0.717, 1.165) is 17.0 Å². The number of benzene rings is 3. The first-order chi connectivity index (χ1) is 15.8. The number of anilines is 1. The average molecular weight is 450 g/mol. The van der Waals surface area contributed by atoms with Gasteiger partial charge in [-0.1, -0.05) is 42.5 Å². The van der Waals surface area contributed by atoms with Gasteiger partial charge in [0.15, 0.2) is 0 Å². The van der Waals surface area contributed by atoms with Crippen LogP contribution >= 0.6 is 0 Å². The van der Waals surface area contributed by atoms with Crippen LogP contribution in [0.25, 0.3) is 0 Å². The molecule has 0 aromatic heterocycles. The summed E-state index contributed by atoms with van der Waals surface area (Å²) < 4.78 is 32.1. The normalized spacial score (nSPS) is 18.7. The van der Waals surface area contributed by atoms with E-state index in [0.29, 0.717) is 11.1 Å². The highest BCUT2D eigenvalue weighted by Crippen LogP contribution is 2.35. The van der Waals surface area contributed by atoms with Crippen LogP contribution in [0.15, 0.2) is 78.9 Å². The number of imide groups is 1. The second-order valence-corrected chi connectivity index (χ2v) is 7.72. The van der Waals surface area contributed by atoms with Crippen LogP contribution in [0, 0.1) is 11.6 Å². The Balaban J connectivity index is 1.70. The van der Waals surface area contributed by atoms with E-state index in [9.17, 15) is 23.2 Å². The number of hydrogen-bond acceptors (Lipinski definition) is 4. The first-order valence-corrected chi connectivity index (χ1v) is 10.2. The van der Waals surface area contributed by atoms with Gasteiger partial charge in [0, 0.05) is 12.1 Å². The minimum Gasteiger partial charge on any atom is -0.422 e. The Kier molecular flexibility index (Phi) is 5.91. The summed E-state index contributed by atoms with van der Waals surface area (Å²) in [6, 6.07) is 18.2. The number of amides is 3. The van der Waals surface area contributed by atoms with Gasteiger partial charge in [0.2, 0.25) is 0 Å². The van der Waals surface area contributed by atoms with Crippen LogP contribution in [0.4, 0.5) is 19.3 Å². The minimum absolute atomic E-state index is 0.196. The molecule has 1 heterocycles. The first-order valence-electron chi connectivity index (χ1n) is 10.2. The van der Waals surface area contributed by atoms with Gasteiger partial charge in [0.25, 0.3) is 17.4 Å². The van der Waals surface area contributed by atoms with Crippen molar-refractivity contribution in [3.63, 3.8) is 0 Å². The fourth-order valence-electron chi connectivity index (χ4n) is 3.73. The SMILES string of the molecule is CC(c1ccc(F)cc1)N1C(=O)O[C@](Cc2ccccc2)(C(=O)Nc2ccc(F)cc2)C1=O. The fourth-order valence-corrected chi connectivity index (χ4v) is 3.73. The summed E-state index contributed by atoms with van der Waals surface area (Å²) in [4.78, 5) is 40.7. The van der Waals surface area contributed by atoms with Crippen LogP contribution in [0.2, 0.25) is 0 Å². The Bertz CT molecular complexity index is 1180. The third-order valence-electron chi connectivity index (χ3n) is 5.53. The molecule has 1 fully saturated rings. The predicted molar refractivity (Wildman–Crippen MR) is 116 cm³/mol. The smallest absolute Gasteiger partial charge is 0.418 e. The number of nitrogens with zero attached hydrogens (tertiary/aromatic N) is 1. The number of ether oxygens (including phenoxy) is 1. The number of hydrogen-bond donors (Lipinski definition) is 1. The van der Waals surface area contributed by atoms with E-state index < -0.39 is 41.2 Å². The molecule has 0 radical (unpaired) electrons. The van der Waals surface area contributed by atoms with E-state index in [-0.39, 0.29) is 12.1 Å². The molecule has 4 rings (SSSR count). The van der Waals surface area contributed by atoms with Crippen molar-refractivity contribution >= 4 is 23.6 Å². The zero-order valence-corrected chi connectivity index (χ0v) is 17.6. The molecule has 1 N–H and O–H groups in total. The molecule has 3 amide bonds. The molecule has 0 aliphatic carbocycles. The van der Waals surface area contributed by atoms with Crippen molar-refractivity contribution < 1.29 is 27.9 Å². The molecule has 1 saturated heterocycles. The first kappa shape index (κ1) is 22.1. The Morgan fingerprint density at radius 2 is 1.52 bits per heavy atom. The number of carbonyl (C=O) groups is 3. The largest absolute Gasteiger partial charge is 0.422 e. The van der Waals surface area contributed by atoms with Crippen LogP contribution in [-0.2, 0) is 20.7 Å². The van der Waals surface area contributed by atoms with Crippen molar-refractivity contribution in [2.24, 2.45) is 0 Å². The minimum atomic E-state index is -2.17. The van der Waals surface area contributed by atoms with Gasteiger partial charge >= 0.3 is 6.09 Å². The molecule has 1 aliphatic heterocycles. The maximum absolute atomic E-state index is 13.6. The standard InChI is InChI=1S/C25H20F2N2O4/c1-16(18-7-9-19(26)10-8-18)29-23(31)25(33-24(29)32,15-17-5-3-2-4-6-17)22(30)28-21-13-11-20(27)12-14-21/h2-14,16H,15H2,1H3,(H,28,30)/t16?,25-/m1/s1. The lowest BCUT2D eigenvalue weighted by Crippen LogP contribution is -2.52. The summed E-state index contributed by atoms with van der Waals surface area (Å²) in [5.41, 5.74) is -0.829. The molecule has 0 saturated carbocycles. The summed E-state index contributed by atoms with van der Waals surface area (Å²) in [6.45, 7) is 1.59. The molecule has 168 valence electrons. The van der Waals surface area contributed by atoms with Crippen molar-refractivity contribution in [3.8, 4) is 0 Å². The molecular formula is C25H20F2N2O4. The molecule has 0 bridgehead atoms. The number of nitrogens with one attached hydrogen (secondary N) is 1. The molecule has 33 heavy (non-hydrogen) atoms. The van der Waals surface area contributed by atoms with Crippen LogP contribution in [0.1, 0.15) is 24.1 Å². The molecule has 3 aromatic carbocycles. The summed E-state index contributed by atoms with van der Waals surface area (Å²) in [7, 11) is 0. The Hall–Kier alpha value is -4.07. The molecule has 6 nitrogen and oxygen atoms in total. The lowest BCUT2D eigenvalue weighted by atomic mass is 9.91. The third kappa shape index (κ3) is 4.32. The Labute approximate surface area is 188 Å². The van der Waals surface area contributed by atoms with E-state index in [1.807, 2.05) is 0 Å². The maximum atomic E-state index is 13.6. The second-order valence-electron chi connectivity index (χ2n) is 7.72. The van der Waals surface area contributed by atoms with Crippen molar-refractivity contribution in [1.29, 1.82) is 0 Å². The van der Waals surface area contributed by atoms with E-state index >= 15 is 0 Å². The zero-order chi connectivity index (χ0) is 23.6. The average Bonchev–Trinajstić information content (AvgIpc) is 3.06. The highest BCUT2D eigenvalue weighted by atomic mass is 19.1. The number of rotatable bonds is 6. The summed E-state index contributed by atoms with van der Waals surface area (Å²) >= 11 is 0. The van der Waals surface area contributed by atoms with Gasteiger partial charge < -0.3 is 10.1 Å². The molecule has 1 aliphatic rings. The number of cyclic esters (lactones) is 1. The lowest BCUT2D eigenvalue weighted by Gasteiger charge is -2.25. The van der Waals surface area contributed by atoms with Gasteiger partial charge in [0.1, 0.15) is 11.6 Å². The highest BCUT2D eigenvalue weighted by Gasteiger charge is 2.60. The van der Waals surface area contributed by atoms with Gasteiger partial charge in [-0.15, -0.1) is 0 Å². The monoisotopic (exact) mass is 450 g/mol. The van der Waals surface area contributed by atoms with E-state index in [4.69, 9.17) is 4.74 Å². The quantitative estimate of drug-likeness (QED) is 0.556. The fraction of sp³-hybridized carbons (Fsp3) is 0.160. The molecule has 8 heteroatoms. The third-order valence-corrected chi connectivity index (χ3v) is 5.53. The second kappa shape index (κ2) is 8.82. The summed E-state index contributed by atoms with van der Waals surface area (Å²) in [6.07, 6.45) is -1.18. The van der Waals surface area contributed by atoms with Crippen molar-refractivity contribution in [3.05, 3.63) is 102 Å². The van der Waals surface area contributed by atoms with Crippen LogP contribution < -0.4 is 5.32 Å². The van der Waals surface area contributed by atoms with E-state index in [1.54, 1.807) is 37.3 Å². The van der Waals surface area contributed by atoms with Crippen molar-refractivity contribution in [2.45, 2.75) is 25.0 Å². The maximum Gasteiger partial charge on any atom is 0.418 e. The highest BCUT2D eigenvalue weighted by molar-refractivity contribution is 6.20. The number of halogens is 2. The van der Waals surface area contributed by atoms with Crippen LogP contribution in [0.3, 0.4) is 0 Å². The molecule has 2 atom stereocenters. The molecule has 0 spiro atoms. The zero-order valence-electron chi connectivity index (χ0n) is 17.6. The van der Waals surface area contributed by atoms with E-state index in [1.165, 1.54) is 36.4 Å². The molecular weight excluding hydrogens is 430 g/mol. The van der Waals surface area contributed by atoms with Crippen LogP contribution in [0.5, 0.6) is 0 Å². The summed E-state index contributed by atoms with van der Waals surface area (Å²) in [5, 5.41) is 2.55. The van der Waals surface area contributed by atoms with Crippen molar-refractivity contribution in [2.75, 3.05) is 5.32 Å². The Morgan fingerprint density at radius 1 is 0.939 bits per heavy atom. The van der Waals surface area contributed by atoms with Gasteiger partial charge in [-0.2, -0.15) is 0 Å². The van der Waals surface area contributed by atoms with Gasteiger partial charge in [0.05, 0.1) is 6.04 Å². The molecule has 3 aromatic rings. The summed E-state index contributed by atoms with van der Waals surface area (Å²) in [5.74, 6) is -2.65. The number of carbonyl (C=O) groups excluding carboxylic acids is 3. The van der Waals surface area contributed by atoms with Gasteiger partial charge in [-0.25, -0.2) is 18.5 Å². The topological polar surface area (TPSA) is 75.7 Å². The van der Waals surface area contributed by atoms with E-state index in [2.05, 4.69) is 5.32 Å². The lowest BCUT2D eigenvalue weighted by molar-refractivity contribution is -0.147. The van der Waals surface area contributed by atoms with Gasteiger partial charge in [-0.3, -0.25) is 9.59 Å².